The Balaban J connectivity index is 1.74. The van der Waals surface area contributed by atoms with Crippen molar-refractivity contribution in [1.82, 2.24) is 9.88 Å². The summed E-state index contributed by atoms with van der Waals surface area (Å²) in [6, 6.07) is 3.54. The number of hydrogen-bond acceptors (Lipinski definition) is 2. The molecular weight excluding hydrogens is 260 g/mol. The van der Waals surface area contributed by atoms with Gasteiger partial charge in [0.05, 0.1) is 5.56 Å². The second kappa shape index (κ2) is 5.12. The summed E-state index contributed by atoms with van der Waals surface area (Å²) >= 11 is 6.02. The summed E-state index contributed by atoms with van der Waals surface area (Å²) in [7, 11) is 0. The highest BCUT2D eigenvalue weighted by atomic mass is 35.5. The van der Waals surface area contributed by atoms with E-state index >= 15 is 0 Å². The van der Waals surface area contributed by atoms with Crippen molar-refractivity contribution in [3.05, 3.63) is 29.0 Å². The normalized spacial score (nSPS) is 21.8. The van der Waals surface area contributed by atoms with E-state index in [1.807, 2.05) is 4.90 Å². The van der Waals surface area contributed by atoms with Gasteiger partial charge < -0.3 is 4.90 Å². The summed E-state index contributed by atoms with van der Waals surface area (Å²) in [4.78, 5) is 18.5. The first-order valence-corrected chi connectivity index (χ1v) is 7.48. The maximum absolute atomic E-state index is 12.5. The van der Waals surface area contributed by atoms with E-state index in [1.165, 1.54) is 32.1 Å². The molecule has 1 aromatic heterocycles. The van der Waals surface area contributed by atoms with Gasteiger partial charge in [-0.05, 0) is 36.8 Å². The van der Waals surface area contributed by atoms with Crippen molar-refractivity contribution in [3.8, 4) is 0 Å². The second-order valence-corrected chi connectivity index (χ2v) is 6.24. The van der Waals surface area contributed by atoms with Gasteiger partial charge in [0.15, 0.2) is 0 Å². The number of amides is 1. The van der Waals surface area contributed by atoms with E-state index < -0.39 is 0 Å². The molecule has 1 spiro atoms. The highest BCUT2D eigenvalue weighted by Gasteiger charge is 2.40. The topological polar surface area (TPSA) is 33.2 Å². The number of carbonyl (C=O) groups is 1. The Hall–Kier alpha value is -1.09. The van der Waals surface area contributed by atoms with Crippen LogP contribution in [0.2, 0.25) is 5.15 Å². The minimum absolute atomic E-state index is 0.0422. The van der Waals surface area contributed by atoms with Crippen LogP contribution in [0.5, 0.6) is 0 Å². The Morgan fingerprint density at radius 2 is 2.05 bits per heavy atom. The van der Waals surface area contributed by atoms with Gasteiger partial charge in [0, 0.05) is 19.3 Å². The second-order valence-electron chi connectivity index (χ2n) is 5.88. The minimum Gasteiger partial charge on any atom is -0.338 e. The number of rotatable bonds is 1. The van der Waals surface area contributed by atoms with Crippen LogP contribution in [0, 0.1) is 5.41 Å². The van der Waals surface area contributed by atoms with Crippen LogP contribution in [0.15, 0.2) is 18.3 Å². The van der Waals surface area contributed by atoms with E-state index in [-0.39, 0.29) is 5.91 Å². The summed E-state index contributed by atoms with van der Waals surface area (Å²) in [5.74, 6) is 0.0422. The van der Waals surface area contributed by atoms with E-state index in [2.05, 4.69) is 4.98 Å². The van der Waals surface area contributed by atoms with Gasteiger partial charge in [-0.2, -0.15) is 0 Å². The lowest BCUT2D eigenvalue weighted by molar-refractivity contribution is 0.0758. The molecule has 1 saturated carbocycles. The molecule has 2 fully saturated rings. The summed E-state index contributed by atoms with van der Waals surface area (Å²) in [5.41, 5.74) is 0.930. The van der Waals surface area contributed by atoms with E-state index in [0.29, 0.717) is 16.1 Å². The molecule has 3 rings (SSSR count). The van der Waals surface area contributed by atoms with E-state index in [0.717, 1.165) is 19.5 Å². The molecule has 1 aromatic rings. The fourth-order valence-corrected chi connectivity index (χ4v) is 3.73. The Bertz CT molecular complexity index is 483. The van der Waals surface area contributed by atoms with Gasteiger partial charge in [0.2, 0.25) is 0 Å². The summed E-state index contributed by atoms with van der Waals surface area (Å²) in [6.45, 7) is 1.76. The molecule has 0 N–H and O–H groups in total. The van der Waals surface area contributed by atoms with Crippen LogP contribution in [0.25, 0.3) is 0 Å². The Morgan fingerprint density at radius 1 is 1.26 bits per heavy atom. The number of aromatic nitrogens is 1. The first kappa shape index (κ1) is 12.9. The van der Waals surface area contributed by atoms with Crippen molar-refractivity contribution >= 4 is 17.5 Å². The van der Waals surface area contributed by atoms with Crippen LogP contribution < -0.4 is 0 Å². The first-order valence-electron chi connectivity index (χ1n) is 7.10. The molecule has 1 saturated heterocycles. The fourth-order valence-electron chi connectivity index (χ4n) is 3.53. The number of halogens is 1. The largest absolute Gasteiger partial charge is 0.338 e. The van der Waals surface area contributed by atoms with Crippen LogP contribution in [0.3, 0.4) is 0 Å². The van der Waals surface area contributed by atoms with Gasteiger partial charge in [0.25, 0.3) is 5.91 Å². The number of nitrogens with zero attached hydrogens (tertiary/aromatic N) is 2. The number of carbonyl (C=O) groups excluding carboxylic acids is 1. The standard InChI is InChI=1S/C15H19ClN2O/c16-13-12(5-4-9-17-13)14(19)18-10-8-15(11-18)6-2-1-3-7-15/h4-5,9H,1-3,6-8,10-11H2. The third kappa shape index (κ3) is 2.48. The zero-order chi connectivity index (χ0) is 13.3. The maximum atomic E-state index is 12.5. The molecule has 1 aliphatic carbocycles. The predicted molar refractivity (Wildman–Crippen MR) is 75.3 cm³/mol. The van der Waals surface area contributed by atoms with Crippen molar-refractivity contribution < 1.29 is 4.79 Å². The molecular formula is C15H19ClN2O. The van der Waals surface area contributed by atoms with Crippen molar-refractivity contribution in [1.29, 1.82) is 0 Å². The van der Waals surface area contributed by atoms with Crippen LogP contribution in [-0.2, 0) is 0 Å². The molecule has 0 radical (unpaired) electrons. The number of likely N-dealkylation sites (tertiary alicyclic amines) is 1. The molecule has 0 unspecified atom stereocenters. The zero-order valence-corrected chi connectivity index (χ0v) is 11.8. The van der Waals surface area contributed by atoms with Gasteiger partial charge in [-0.15, -0.1) is 0 Å². The molecule has 1 aliphatic heterocycles. The Morgan fingerprint density at radius 3 is 2.79 bits per heavy atom. The highest BCUT2D eigenvalue weighted by Crippen LogP contribution is 2.44. The molecule has 0 bridgehead atoms. The summed E-state index contributed by atoms with van der Waals surface area (Å²) in [5, 5.41) is 0.317. The smallest absolute Gasteiger partial charge is 0.257 e. The summed E-state index contributed by atoms with van der Waals surface area (Å²) in [6.07, 6.45) is 9.30. The van der Waals surface area contributed by atoms with Gasteiger partial charge in [-0.1, -0.05) is 30.9 Å². The molecule has 2 aliphatic rings. The van der Waals surface area contributed by atoms with Gasteiger partial charge in [0.1, 0.15) is 5.15 Å². The van der Waals surface area contributed by atoms with Crippen molar-refractivity contribution in [2.45, 2.75) is 38.5 Å². The Labute approximate surface area is 119 Å². The lowest BCUT2D eigenvalue weighted by Crippen LogP contribution is -2.33. The quantitative estimate of drug-likeness (QED) is 0.736. The lowest BCUT2D eigenvalue weighted by atomic mass is 9.73. The fraction of sp³-hybridized carbons (Fsp3) is 0.600. The average molecular weight is 279 g/mol. The molecule has 2 heterocycles. The molecule has 3 nitrogen and oxygen atoms in total. The SMILES string of the molecule is O=C(c1cccnc1Cl)N1CCC2(CCCCC2)C1. The highest BCUT2D eigenvalue weighted by molar-refractivity contribution is 6.32. The monoisotopic (exact) mass is 278 g/mol. The van der Waals surface area contributed by atoms with Crippen molar-refractivity contribution in [2.24, 2.45) is 5.41 Å². The molecule has 0 atom stereocenters. The molecule has 4 heteroatoms. The van der Waals surface area contributed by atoms with Crippen LogP contribution >= 0.6 is 11.6 Å². The minimum atomic E-state index is 0.0422. The first-order chi connectivity index (χ1) is 9.20. The van der Waals surface area contributed by atoms with E-state index in [1.54, 1.807) is 18.3 Å². The zero-order valence-electron chi connectivity index (χ0n) is 11.1. The van der Waals surface area contributed by atoms with Gasteiger partial charge in [-0.25, -0.2) is 4.98 Å². The third-order valence-electron chi connectivity index (χ3n) is 4.63. The number of hydrogen-bond donors (Lipinski definition) is 0. The maximum Gasteiger partial charge on any atom is 0.257 e. The lowest BCUT2D eigenvalue weighted by Gasteiger charge is -2.33. The van der Waals surface area contributed by atoms with Gasteiger partial charge in [-0.3, -0.25) is 4.79 Å². The van der Waals surface area contributed by atoms with E-state index in [9.17, 15) is 4.79 Å². The van der Waals surface area contributed by atoms with Crippen molar-refractivity contribution in [3.63, 3.8) is 0 Å². The summed E-state index contributed by atoms with van der Waals surface area (Å²) < 4.78 is 0. The van der Waals surface area contributed by atoms with Crippen LogP contribution in [0.1, 0.15) is 48.9 Å². The predicted octanol–water partition coefficient (Wildman–Crippen LogP) is 3.53. The molecule has 0 aromatic carbocycles. The Kier molecular flexibility index (Phi) is 3.48. The molecule has 19 heavy (non-hydrogen) atoms. The van der Waals surface area contributed by atoms with Crippen LogP contribution in [0.4, 0.5) is 0 Å². The molecule has 102 valence electrons. The van der Waals surface area contributed by atoms with Crippen LogP contribution in [-0.4, -0.2) is 28.9 Å². The average Bonchev–Trinajstić information content (AvgIpc) is 2.83. The molecule has 1 amide bonds. The van der Waals surface area contributed by atoms with Crippen molar-refractivity contribution in [2.75, 3.05) is 13.1 Å². The third-order valence-corrected chi connectivity index (χ3v) is 4.93. The van der Waals surface area contributed by atoms with E-state index in [4.69, 9.17) is 11.6 Å². The number of pyridine rings is 1. The van der Waals surface area contributed by atoms with Gasteiger partial charge >= 0.3 is 0 Å².